The Labute approximate surface area is 105 Å². The van der Waals surface area contributed by atoms with E-state index in [1.54, 1.807) is 25.1 Å². The third-order valence-electron chi connectivity index (χ3n) is 2.44. The first-order chi connectivity index (χ1) is 8.20. The second-order valence-corrected chi connectivity index (χ2v) is 4.12. The molecule has 1 unspecified atom stereocenters. The van der Waals surface area contributed by atoms with Crippen LogP contribution in [0.2, 0.25) is 5.02 Å². The molecule has 0 radical (unpaired) electrons. The Morgan fingerprint density at radius 2 is 2.41 bits per heavy atom. The lowest BCUT2D eigenvalue weighted by Crippen LogP contribution is -2.28. The summed E-state index contributed by atoms with van der Waals surface area (Å²) in [5.41, 5.74) is 0.879. The highest BCUT2D eigenvalue weighted by atomic mass is 35.5. The van der Waals surface area contributed by atoms with Gasteiger partial charge in [0.25, 0.3) is 0 Å². The third-order valence-corrected chi connectivity index (χ3v) is 2.67. The van der Waals surface area contributed by atoms with E-state index in [1.807, 2.05) is 12.2 Å². The Balaban J connectivity index is 2.22. The minimum absolute atomic E-state index is 0.333. The highest BCUT2D eigenvalue weighted by Gasteiger charge is 2.23. The first-order valence-corrected chi connectivity index (χ1v) is 5.88. The summed E-state index contributed by atoms with van der Waals surface area (Å²) in [5.74, 6) is 0.321. The summed E-state index contributed by atoms with van der Waals surface area (Å²) in [6.07, 6.45) is 3.73. The number of hydrogen-bond acceptors (Lipinski definition) is 3. The summed E-state index contributed by atoms with van der Waals surface area (Å²) in [6, 6.07) is 5.31. The summed E-state index contributed by atoms with van der Waals surface area (Å²) in [7, 11) is 0. The van der Waals surface area contributed by atoms with Crippen molar-refractivity contribution >= 4 is 23.6 Å². The molecule has 0 saturated carbocycles. The molecule has 0 saturated heterocycles. The molecule has 0 fully saturated rings. The van der Waals surface area contributed by atoms with Gasteiger partial charge in [-0.2, -0.15) is 0 Å². The standard InChI is InChI=1S/C13H13ClO3/c1-2-16-13(15)12-5-3-4-9-8-10(14)6-7-11(9)17-12/h3-4,6-8,12H,2,5H2,1H3. The van der Waals surface area contributed by atoms with Crippen molar-refractivity contribution in [2.75, 3.05) is 6.61 Å². The zero-order chi connectivity index (χ0) is 12.3. The summed E-state index contributed by atoms with van der Waals surface area (Å²) in [5, 5.41) is 0.645. The van der Waals surface area contributed by atoms with E-state index in [-0.39, 0.29) is 5.97 Å². The lowest BCUT2D eigenvalue weighted by molar-refractivity contribution is -0.151. The number of hydrogen-bond donors (Lipinski definition) is 0. The minimum atomic E-state index is -0.575. The fourth-order valence-electron chi connectivity index (χ4n) is 1.66. The summed E-state index contributed by atoms with van der Waals surface area (Å²) < 4.78 is 10.6. The Hall–Kier alpha value is -1.48. The van der Waals surface area contributed by atoms with Crippen LogP contribution in [0.15, 0.2) is 24.3 Å². The molecule has 1 aromatic carbocycles. The Bertz CT molecular complexity index is 454. The van der Waals surface area contributed by atoms with Crippen molar-refractivity contribution in [3.05, 3.63) is 34.9 Å². The first kappa shape index (κ1) is 12.0. The van der Waals surface area contributed by atoms with E-state index >= 15 is 0 Å². The fraction of sp³-hybridized carbons (Fsp3) is 0.308. The maximum atomic E-state index is 11.6. The van der Waals surface area contributed by atoms with E-state index in [1.165, 1.54) is 0 Å². The SMILES string of the molecule is CCOC(=O)C1CC=Cc2cc(Cl)ccc2O1. The Kier molecular flexibility index (Phi) is 3.69. The van der Waals surface area contributed by atoms with Gasteiger partial charge in [0.1, 0.15) is 5.75 Å². The van der Waals surface area contributed by atoms with Gasteiger partial charge in [-0.15, -0.1) is 0 Å². The van der Waals surface area contributed by atoms with E-state index in [4.69, 9.17) is 21.1 Å². The Morgan fingerprint density at radius 1 is 1.59 bits per heavy atom. The van der Waals surface area contributed by atoms with Crippen LogP contribution in [0.5, 0.6) is 5.75 Å². The van der Waals surface area contributed by atoms with E-state index < -0.39 is 6.10 Å². The molecule has 0 amide bonds. The molecule has 1 heterocycles. The molecule has 1 aromatic rings. The molecule has 0 bridgehead atoms. The second-order valence-electron chi connectivity index (χ2n) is 3.68. The number of ether oxygens (including phenoxy) is 2. The maximum Gasteiger partial charge on any atom is 0.347 e. The number of benzene rings is 1. The van der Waals surface area contributed by atoms with Gasteiger partial charge in [0, 0.05) is 17.0 Å². The topological polar surface area (TPSA) is 35.5 Å². The van der Waals surface area contributed by atoms with Crippen molar-refractivity contribution in [2.45, 2.75) is 19.4 Å². The van der Waals surface area contributed by atoms with Crippen LogP contribution in [0.25, 0.3) is 6.08 Å². The van der Waals surface area contributed by atoms with E-state index in [0.29, 0.717) is 23.8 Å². The highest BCUT2D eigenvalue weighted by molar-refractivity contribution is 6.30. The predicted molar refractivity (Wildman–Crippen MR) is 66.2 cm³/mol. The largest absolute Gasteiger partial charge is 0.478 e. The van der Waals surface area contributed by atoms with Crippen LogP contribution < -0.4 is 4.74 Å². The van der Waals surface area contributed by atoms with Gasteiger partial charge in [-0.05, 0) is 25.1 Å². The second kappa shape index (κ2) is 5.23. The lowest BCUT2D eigenvalue weighted by Gasteiger charge is -2.15. The number of carbonyl (C=O) groups is 1. The van der Waals surface area contributed by atoms with Crippen LogP contribution in [0.1, 0.15) is 18.9 Å². The van der Waals surface area contributed by atoms with Crippen LogP contribution >= 0.6 is 11.6 Å². The molecular weight excluding hydrogens is 240 g/mol. The zero-order valence-electron chi connectivity index (χ0n) is 9.48. The molecule has 2 rings (SSSR count). The number of carbonyl (C=O) groups excluding carboxylic acids is 1. The number of esters is 1. The summed E-state index contributed by atoms with van der Waals surface area (Å²) >= 11 is 5.90. The van der Waals surface area contributed by atoms with Crippen molar-refractivity contribution in [1.29, 1.82) is 0 Å². The number of halogens is 1. The Morgan fingerprint density at radius 3 is 3.18 bits per heavy atom. The monoisotopic (exact) mass is 252 g/mol. The van der Waals surface area contributed by atoms with Gasteiger partial charge in [-0.3, -0.25) is 0 Å². The van der Waals surface area contributed by atoms with E-state index in [0.717, 1.165) is 5.56 Å². The average molecular weight is 253 g/mol. The van der Waals surface area contributed by atoms with Crippen LogP contribution in [0.3, 0.4) is 0 Å². The van der Waals surface area contributed by atoms with Crippen molar-refractivity contribution in [3.63, 3.8) is 0 Å². The predicted octanol–water partition coefficient (Wildman–Crippen LogP) is 3.07. The normalized spacial score (nSPS) is 17.9. The van der Waals surface area contributed by atoms with Gasteiger partial charge in [0.2, 0.25) is 0 Å². The fourth-order valence-corrected chi connectivity index (χ4v) is 1.84. The van der Waals surface area contributed by atoms with Gasteiger partial charge < -0.3 is 9.47 Å². The lowest BCUT2D eigenvalue weighted by atomic mass is 10.2. The van der Waals surface area contributed by atoms with E-state index in [2.05, 4.69) is 0 Å². The molecule has 17 heavy (non-hydrogen) atoms. The smallest absolute Gasteiger partial charge is 0.347 e. The maximum absolute atomic E-state index is 11.6. The van der Waals surface area contributed by atoms with Crippen LogP contribution in [0, 0.1) is 0 Å². The summed E-state index contributed by atoms with van der Waals surface area (Å²) in [4.78, 5) is 11.6. The highest BCUT2D eigenvalue weighted by Crippen LogP contribution is 2.28. The average Bonchev–Trinajstić information content (AvgIpc) is 2.51. The van der Waals surface area contributed by atoms with Gasteiger partial charge in [-0.1, -0.05) is 23.8 Å². The molecule has 0 aromatic heterocycles. The van der Waals surface area contributed by atoms with Crippen LogP contribution in [-0.4, -0.2) is 18.7 Å². The molecule has 0 spiro atoms. The molecule has 1 aliphatic rings. The van der Waals surface area contributed by atoms with E-state index in [9.17, 15) is 4.79 Å². The number of fused-ring (bicyclic) bond motifs is 1. The van der Waals surface area contributed by atoms with Crippen LogP contribution in [0.4, 0.5) is 0 Å². The molecule has 1 aliphatic heterocycles. The zero-order valence-corrected chi connectivity index (χ0v) is 10.2. The molecule has 0 aliphatic carbocycles. The van der Waals surface area contributed by atoms with Crippen molar-refractivity contribution in [1.82, 2.24) is 0 Å². The van der Waals surface area contributed by atoms with Gasteiger partial charge in [-0.25, -0.2) is 4.79 Å². The molecule has 0 N–H and O–H groups in total. The van der Waals surface area contributed by atoms with Gasteiger partial charge in [0.15, 0.2) is 6.10 Å². The van der Waals surface area contributed by atoms with Crippen molar-refractivity contribution in [2.24, 2.45) is 0 Å². The quantitative estimate of drug-likeness (QED) is 0.759. The molecule has 90 valence electrons. The molecule has 3 nitrogen and oxygen atoms in total. The van der Waals surface area contributed by atoms with Crippen LogP contribution in [-0.2, 0) is 9.53 Å². The first-order valence-electron chi connectivity index (χ1n) is 5.50. The molecular formula is C13H13ClO3. The minimum Gasteiger partial charge on any atom is -0.478 e. The van der Waals surface area contributed by atoms with Gasteiger partial charge >= 0.3 is 5.97 Å². The molecule has 1 atom stereocenters. The number of rotatable bonds is 2. The third kappa shape index (κ3) is 2.80. The van der Waals surface area contributed by atoms with Gasteiger partial charge in [0.05, 0.1) is 6.61 Å². The van der Waals surface area contributed by atoms with Crippen molar-refractivity contribution in [3.8, 4) is 5.75 Å². The molecule has 4 heteroatoms. The summed E-state index contributed by atoms with van der Waals surface area (Å²) in [6.45, 7) is 2.13. The van der Waals surface area contributed by atoms with Crippen molar-refractivity contribution < 1.29 is 14.3 Å².